The number of aromatic nitrogens is 3. The van der Waals surface area contributed by atoms with Crippen LogP contribution in [0, 0.1) is 0 Å². The maximum absolute atomic E-state index is 5.05. The number of allylic oxidation sites excluding steroid dienone is 3. The maximum atomic E-state index is 5.05. The van der Waals surface area contributed by atoms with Crippen LogP contribution in [-0.4, -0.2) is 26.1 Å². The van der Waals surface area contributed by atoms with E-state index < -0.39 is 0 Å². The molecule has 0 N–H and O–H groups in total. The zero-order chi connectivity index (χ0) is 28.6. The molecule has 0 atom stereocenters. The third-order valence-electron chi connectivity index (χ3n) is 9.14. The van der Waals surface area contributed by atoms with Gasteiger partial charge in [0.25, 0.3) is 0 Å². The number of hydrogen-bond acceptors (Lipinski definition) is 2. The summed E-state index contributed by atoms with van der Waals surface area (Å²) < 4.78 is 6.94. The predicted molar refractivity (Wildman–Crippen MR) is 177 cm³/mol. The summed E-state index contributed by atoms with van der Waals surface area (Å²) in [5, 5.41) is 2.56. The van der Waals surface area contributed by atoms with Crippen LogP contribution in [0.4, 0.5) is 0 Å². The van der Waals surface area contributed by atoms with Gasteiger partial charge in [-0.15, -0.1) is 0 Å². The van der Waals surface area contributed by atoms with Crippen molar-refractivity contribution >= 4 is 33.4 Å². The van der Waals surface area contributed by atoms with Gasteiger partial charge in [-0.3, -0.25) is 4.98 Å². The van der Waals surface area contributed by atoms with Gasteiger partial charge in [0.05, 0.1) is 28.5 Å². The molecule has 3 aromatic carbocycles. The van der Waals surface area contributed by atoms with Gasteiger partial charge in [0.1, 0.15) is 0 Å². The fourth-order valence-electron chi connectivity index (χ4n) is 7.08. The Morgan fingerprint density at radius 1 is 0.674 bits per heavy atom. The van der Waals surface area contributed by atoms with E-state index in [0.717, 1.165) is 35.6 Å². The molecular weight excluding hydrogens is 524 g/mol. The summed E-state index contributed by atoms with van der Waals surface area (Å²) >= 11 is 0. The van der Waals surface area contributed by atoms with Crippen LogP contribution < -0.4 is 4.67 Å². The smallest absolute Gasteiger partial charge is 0.309 e. The van der Waals surface area contributed by atoms with Crippen LogP contribution in [0.5, 0.6) is 0 Å². The average molecular weight is 556 g/mol. The molecule has 0 radical (unpaired) electrons. The lowest BCUT2D eigenvalue weighted by atomic mass is 9.65. The first-order valence-corrected chi connectivity index (χ1v) is 15.2. The van der Waals surface area contributed by atoms with Crippen molar-refractivity contribution in [2.75, 3.05) is 0 Å². The van der Waals surface area contributed by atoms with Gasteiger partial charge in [0, 0.05) is 34.1 Å². The van der Waals surface area contributed by atoms with Crippen molar-refractivity contribution in [1.82, 2.24) is 19.2 Å². The van der Waals surface area contributed by atoms with E-state index in [1.54, 1.807) is 0 Å². The maximum Gasteiger partial charge on any atom is 0.366 e. The largest absolute Gasteiger partial charge is 0.366 e. The van der Waals surface area contributed by atoms with Crippen LogP contribution in [0.15, 0.2) is 128 Å². The number of nitrogens with zero attached hydrogens (tertiary/aromatic N) is 4. The molecule has 8 rings (SSSR count). The lowest BCUT2D eigenvalue weighted by Crippen LogP contribution is -2.31. The Bertz CT molecular complexity index is 2060. The highest BCUT2D eigenvalue weighted by Crippen LogP contribution is 2.46. The zero-order valence-corrected chi connectivity index (χ0v) is 23.9. The van der Waals surface area contributed by atoms with Crippen molar-refractivity contribution in [2.24, 2.45) is 0 Å². The summed E-state index contributed by atoms with van der Waals surface area (Å²) in [5.74, 6) is 3.00. The zero-order valence-electron chi connectivity index (χ0n) is 23.9. The number of benzene rings is 3. The van der Waals surface area contributed by atoms with E-state index in [1.165, 1.54) is 57.9 Å². The minimum Gasteiger partial charge on any atom is -0.309 e. The van der Waals surface area contributed by atoms with Crippen LogP contribution in [0.1, 0.15) is 48.9 Å². The SMILES string of the molecule is C1=CC=CC(c2cc(C3(c4ccc(-n5c6ccccc6c6ccccc65)cc4)CCCCC3)cc(-c3ccccn3)n2)=[N+]=1. The van der Waals surface area contributed by atoms with E-state index in [-0.39, 0.29) is 5.41 Å². The van der Waals surface area contributed by atoms with E-state index in [0.29, 0.717) is 0 Å². The second kappa shape index (κ2) is 10.5. The van der Waals surface area contributed by atoms with E-state index in [4.69, 9.17) is 4.98 Å². The molecule has 1 aliphatic carbocycles. The van der Waals surface area contributed by atoms with Crippen LogP contribution in [0.25, 0.3) is 38.9 Å². The third-order valence-corrected chi connectivity index (χ3v) is 9.14. The van der Waals surface area contributed by atoms with Gasteiger partial charge < -0.3 is 4.57 Å². The molecule has 4 heteroatoms. The lowest BCUT2D eigenvalue weighted by Gasteiger charge is -2.39. The number of para-hydroxylation sites is 2. The Kier molecular flexibility index (Phi) is 6.23. The molecule has 1 saturated carbocycles. The summed E-state index contributed by atoms with van der Waals surface area (Å²) in [6.45, 7) is 0. The summed E-state index contributed by atoms with van der Waals surface area (Å²) in [4.78, 5) is 9.71. The number of pyridine rings is 2. The highest BCUT2D eigenvalue weighted by Gasteiger charge is 2.37. The molecule has 2 aliphatic rings. The second-order valence-corrected chi connectivity index (χ2v) is 11.6. The second-order valence-electron chi connectivity index (χ2n) is 11.6. The van der Waals surface area contributed by atoms with E-state index in [9.17, 15) is 0 Å². The van der Waals surface area contributed by atoms with E-state index in [1.807, 2.05) is 42.6 Å². The van der Waals surface area contributed by atoms with Crippen LogP contribution in [0.2, 0.25) is 0 Å². The molecular formula is C39H31N4+. The fourth-order valence-corrected chi connectivity index (χ4v) is 7.08. The number of fused-ring (bicyclic) bond motifs is 3. The van der Waals surface area contributed by atoms with Gasteiger partial charge >= 0.3 is 11.6 Å². The van der Waals surface area contributed by atoms with Crippen molar-refractivity contribution in [3.8, 4) is 17.1 Å². The van der Waals surface area contributed by atoms with E-state index in [2.05, 4.69) is 105 Å². The van der Waals surface area contributed by atoms with Gasteiger partial charge in [-0.1, -0.05) is 73.9 Å². The summed E-state index contributed by atoms with van der Waals surface area (Å²) in [6.07, 6.45) is 13.5. The van der Waals surface area contributed by atoms with E-state index >= 15 is 0 Å². The van der Waals surface area contributed by atoms with Crippen molar-refractivity contribution in [3.05, 3.63) is 144 Å². The van der Waals surface area contributed by atoms with Crippen LogP contribution in [0.3, 0.4) is 0 Å². The van der Waals surface area contributed by atoms with Gasteiger partial charge in [0.2, 0.25) is 0 Å². The topological polar surface area (TPSA) is 44.8 Å². The Balaban J connectivity index is 1.29. The van der Waals surface area contributed by atoms with Crippen LogP contribution >= 0.6 is 0 Å². The Morgan fingerprint density at radius 3 is 2.05 bits per heavy atom. The molecule has 0 bridgehead atoms. The number of hydrogen-bond donors (Lipinski definition) is 0. The minimum atomic E-state index is -0.114. The molecule has 0 spiro atoms. The summed E-state index contributed by atoms with van der Waals surface area (Å²) in [7, 11) is 0. The van der Waals surface area contributed by atoms with Crippen LogP contribution in [-0.2, 0) is 5.41 Å². The molecule has 4 nitrogen and oxygen atoms in total. The molecule has 3 aromatic heterocycles. The number of rotatable bonds is 5. The highest BCUT2D eigenvalue weighted by molar-refractivity contribution is 6.09. The molecule has 1 fully saturated rings. The predicted octanol–water partition coefficient (Wildman–Crippen LogP) is 8.14. The molecule has 0 unspecified atom stereocenters. The Morgan fingerprint density at radius 2 is 1.37 bits per heavy atom. The molecule has 6 aromatic rings. The lowest BCUT2D eigenvalue weighted by molar-refractivity contribution is 0.346. The Labute approximate surface area is 251 Å². The van der Waals surface area contributed by atoms with Gasteiger partial charge in [0.15, 0.2) is 5.69 Å². The van der Waals surface area contributed by atoms with Crippen molar-refractivity contribution in [1.29, 1.82) is 0 Å². The van der Waals surface area contributed by atoms with Gasteiger partial charge in [-0.25, -0.2) is 4.98 Å². The first-order chi connectivity index (χ1) is 21.3. The average Bonchev–Trinajstić information content (AvgIpc) is 3.44. The summed E-state index contributed by atoms with van der Waals surface area (Å²) in [5.41, 5.74) is 9.61. The molecule has 206 valence electrons. The molecule has 43 heavy (non-hydrogen) atoms. The molecule has 0 amide bonds. The monoisotopic (exact) mass is 555 g/mol. The quantitative estimate of drug-likeness (QED) is 0.202. The van der Waals surface area contributed by atoms with Crippen molar-refractivity contribution < 1.29 is 0 Å². The minimum absolute atomic E-state index is 0.114. The van der Waals surface area contributed by atoms with Gasteiger partial charge in [-0.05, 0) is 83.2 Å². The normalized spacial score (nSPS) is 15.7. The van der Waals surface area contributed by atoms with Gasteiger partial charge in [-0.2, -0.15) is 0 Å². The van der Waals surface area contributed by atoms with Crippen molar-refractivity contribution in [2.45, 2.75) is 37.5 Å². The first-order valence-electron chi connectivity index (χ1n) is 15.2. The standard InChI is InChI=1S/C39H31N4/c1-8-22-39(23-9-1,29-26-35(33-14-6-10-24-40-33)42-36(27-29)34-15-7-11-25-41-34)28-18-20-30(21-19-28)43-37-16-4-2-12-31(37)32-13-3-5-17-38(32)43/h2-7,10-21,24,26-27H,1,8-9,22-23H2/q+1. The highest BCUT2D eigenvalue weighted by atomic mass is 15.0. The van der Waals surface area contributed by atoms with Crippen molar-refractivity contribution in [3.63, 3.8) is 0 Å². The third kappa shape index (κ3) is 4.37. The molecule has 1 aliphatic heterocycles. The fraction of sp³-hybridized carbons (Fsp3) is 0.154. The molecule has 0 saturated heterocycles. The first kappa shape index (κ1) is 25.4. The molecule has 4 heterocycles. The Hall–Kier alpha value is -5.27. The summed E-state index contributed by atoms with van der Waals surface area (Å²) in [6, 6.07) is 37.3.